The molecule has 0 saturated heterocycles. The number of amides is 1. The van der Waals surface area contributed by atoms with Crippen molar-refractivity contribution in [3.63, 3.8) is 0 Å². The number of benzene rings is 1. The van der Waals surface area contributed by atoms with E-state index in [-0.39, 0.29) is 5.82 Å². The van der Waals surface area contributed by atoms with Crippen molar-refractivity contribution in [3.05, 3.63) is 46.2 Å². The van der Waals surface area contributed by atoms with Crippen LogP contribution < -0.4 is 5.32 Å². The summed E-state index contributed by atoms with van der Waals surface area (Å²) < 4.78 is 42.1. The number of nitrogens with zero attached hydrogens (tertiary/aromatic N) is 2. The number of carbonyl (C=O) groups excluding carboxylic acids is 1. The lowest BCUT2D eigenvalue weighted by Crippen LogP contribution is -2.28. The molecule has 0 radical (unpaired) electrons. The van der Waals surface area contributed by atoms with Gasteiger partial charge in [0.05, 0.1) is 5.69 Å². The van der Waals surface area contributed by atoms with Crippen LogP contribution in [0.5, 0.6) is 0 Å². The number of anilines is 1. The summed E-state index contributed by atoms with van der Waals surface area (Å²) in [5, 5.41) is 2.79. The summed E-state index contributed by atoms with van der Waals surface area (Å²) in [6.45, 7) is 1.11. The fourth-order valence-electron chi connectivity index (χ4n) is 1.85. The van der Waals surface area contributed by atoms with E-state index in [2.05, 4.69) is 14.5 Å². The molecule has 1 heterocycles. The van der Waals surface area contributed by atoms with Gasteiger partial charge in [0.15, 0.2) is 5.13 Å². The van der Waals surface area contributed by atoms with Crippen LogP contribution >= 0.6 is 11.3 Å². The summed E-state index contributed by atoms with van der Waals surface area (Å²) in [7, 11) is -1.32. The summed E-state index contributed by atoms with van der Waals surface area (Å²) in [5.74, 6) is -0.945. The van der Waals surface area contributed by atoms with Crippen LogP contribution in [0, 0.1) is 12.7 Å². The van der Waals surface area contributed by atoms with E-state index in [0.717, 1.165) is 9.18 Å². The minimum atomic E-state index is -3.92. The molecule has 0 aliphatic rings. The number of rotatable bonds is 7. The molecule has 2 aromatic rings. The number of aryl methyl sites for hydroxylation is 1. The number of thiazole rings is 1. The van der Waals surface area contributed by atoms with Gasteiger partial charge in [0.25, 0.3) is 5.91 Å². The van der Waals surface area contributed by atoms with E-state index in [0.29, 0.717) is 22.8 Å². The molecule has 25 heavy (non-hydrogen) atoms. The highest BCUT2D eigenvalue weighted by Gasteiger charge is 2.18. The first-order chi connectivity index (χ1) is 11.7. The van der Waals surface area contributed by atoms with E-state index in [4.69, 9.17) is 0 Å². The molecule has 1 amide bonds. The van der Waals surface area contributed by atoms with Gasteiger partial charge < -0.3 is 0 Å². The van der Waals surface area contributed by atoms with E-state index in [9.17, 15) is 17.6 Å². The highest BCUT2D eigenvalue weighted by molar-refractivity contribution is 7.84. The molecule has 1 aromatic heterocycles. The number of hydrogen-bond donors (Lipinski definition) is 1. The molecule has 0 aliphatic carbocycles. The van der Waals surface area contributed by atoms with Crippen LogP contribution in [0.1, 0.15) is 16.1 Å². The summed E-state index contributed by atoms with van der Waals surface area (Å²) in [5.41, 5.74) is 1.21. The Morgan fingerprint density at radius 2 is 2.04 bits per heavy atom. The third kappa shape index (κ3) is 5.30. The molecule has 1 aromatic carbocycles. The number of halogens is 1. The topological polar surface area (TPSA) is 88.6 Å². The minimum absolute atomic E-state index is 0.303. The Morgan fingerprint density at radius 3 is 2.68 bits per heavy atom. The van der Waals surface area contributed by atoms with Crippen LogP contribution in [0.3, 0.4) is 0 Å². The van der Waals surface area contributed by atoms with E-state index in [1.165, 1.54) is 31.5 Å². The molecular formula is C15H18FN3O4S2. The zero-order valence-corrected chi connectivity index (χ0v) is 15.6. The average molecular weight is 387 g/mol. The quantitative estimate of drug-likeness (QED) is 0.784. The zero-order chi connectivity index (χ0) is 18.6. The standard InChI is InChI=1S/C15H18FN3O4S2/c1-10-13(8-11-6-4-5-7-12(11)16)24-15(17-10)18-14(20)9-23-25(21,22)19(2)3/h4-7H,8-9H2,1-3H3,(H,17,18,20). The summed E-state index contributed by atoms with van der Waals surface area (Å²) >= 11 is 1.21. The van der Waals surface area contributed by atoms with Gasteiger partial charge in [0, 0.05) is 25.4 Å². The Labute approximate surface area is 149 Å². The highest BCUT2D eigenvalue weighted by Crippen LogP contribution is 2.26. The molecule has 0 bridgehead atoms. The van der Waals surface area contributed by atoms with Crippen molar-refractivity contribution in [3.8, 4) is 0 Å². The lowest BCUT2D eigenvalue weighted by molar-refractivity contribution is -0.118. The predicted octanol–water partition coefficient (Wildman–Crippen LogP) is 1.94. The highest BCUT2D eigenvalue weighted by atomic mass is 32.2. The SMILES string of the molecule is Cc1nc(NC(=O)COS(=O)(=O)N(C)C)sc1Cc1ccccc1F. The molecule has 0 unspecified atom stereocenters. The van der Waals surface area contributed by atoms with Crippen molar-refractivity contribution >= 4 is 32.7 Å². The molecular weight excluding hydrogens is 369 g/mol. The van der Waals surface area contributed by atoms with Crippen LogP contribution in [0.2, 0.25) is 0 Å². The average Bonchev–Trinajstić information content (AvgIpc) is 2.87. The molecule has 0 aliphatic heterocycles. The predicted molar refractivity (Wildman–Crippen MR) is 93.2 cm³/mol. The van der Waals surface area contributed by atoms with Crippen molar-refractivity contribution < 1.29 is 21.8 Å². The van der Waals surface area contributed by atoms with Gasteiger partial charge in [0.2, 0.25) is 0 Å². The molecule has 136 valence electrons. The van der Waals surface area contributed by atoms with Gasteiger partial charge >= 0.3 is 10.3 Å². The minimum Gasteiger partial charge on any atom is -0.300 e. The van der Waals surface area contributed by atoms with Gasteiger partial charge in [-0.3, -0.25) is 10.1 Å². The lowest BCUT2D eigenvalue weighted by atomic mass is 10.1. The van der Waals surface area contributed by atoms with E-state index in [1.54, 1.807) is 25.1 Å². The molecule has 2 rings (SSSR count). The van der Waals surface area contributed by atoms with Crippen molar-refractivity contribution in [1.82, 2.24) is 9.29 Å². The van der Waals surface area contributed by atoms with Crippen molar-refractivity contribution in [1.29, 1.82) is 0 Å². The Morgan fingerprint density at radius 1 is 1.36 bits per heavy atom. The molecule has 0 saturated carbocycles. The maximum atomic E-state index is 13.7. The molecule has 10 heteroatoms. The summed E-state index contributed by atoms with van der Waals surface area (Å²) in [6, 6.07) is 6.44. The molecule has 0 fully saturated rings. The summed E-state index contributed by atoms with van der Waals surface area (Å²) in [6.07, 6.45) is 0.359. The fourth-order valence-corrected chi connectivity index (χ4v) is 3.32. The second kappa shape index (κ2) is 8.00. The van der Waals surface area contributed by atoms with Crippen LogP contribution in [-0.4, -0.2) is 44.3 Å². The Kier molecular flexibility index (Phi) is 6.22. The van der Waals surface area contributed by atoms with Gasteiger partial charge in [-0.05, 0) is 18.6 Å². The first kappa shape index (κ1) is 19.4. The van der Waals surface area contributed by atoms with Gasteiger partial charge in [-0.2, -0.15) is 12.7 Å². The fraction of sp³-hybridized carbons (Fsp3) is 0.333. The molecule has 1 N–H and O–H groups in total. The third-order valence-electron chi connectivity index (χ3n) is 3.23. The third-order valence-corrected chi connectivity index (χ3v) is 5.62. The first-order valence-electron chi connectivity index (χ1n) is 7.25. The molecule has 7 nitrogen and oxygen atoms in total. The number of hydrogen-bond acceptors (Lipinski definition) is 6. The first-order valence-corrected chi connectivity index (χ1v) is 9.43. The molecule has 0 spiro atoms. The van der Waals surface area contributed by atoms with Crippen LogP contribution in [0.25, 0.3) is 0 Å². The van der Waals surface area contributed by atoms with Gasteiger partial charge in [-0.15, -0.1) is 11.3 Å². The zero-order valence-electron chi connectivity index (χ0n) is 13.9. The second-order valence-electron chi connectivity index (χ2n) is 5.35. The molecule has 0 atom stereocenters. The van der Waals surface area contributed by atoms with E-state index < -0.39 is 22.8 Å². The largest absolute Gasteiger partial charge is 0.338 e. The van der Waals surface area contributed by atoms with Gasteiger partial charge in [-0.1, -0.05) is 18.2 Å². The van der Waals surface area contributed by atoms with Crippen LogP contribution in [0.15, 0.2) is 24.3 Å². The Hall–Kier alpha value is -1.88. The monoisotopic (exact) mass is 387 g/mol. The lowest BCUT2D eigenvalue weighted by Gasteiger charge is -2.10. The Bertz CT molecular complexity index is 865. The Balaban J connectivity index is 2.00. The van der Waals surface area contributed by atoms with Gasteiger partial charge in [0.1, 0.15) is 12.4 Å². The van der Waals surface area contributed by atoms with Crippen LogP contribution in [0.4, 0.5) is 9.52 Å². The number of carbonyl (C=O) groups is 1. The van der Waals surface area contributed by atoms with Crippen molar-refractivity contribution in [2.24, 2.45) is 0 Å². The van der Waals surface area contributed by atoms with Crippen LogP contribution in [-0.2, 0) is 25.7 Å². The normalized spacial score (nSPS) is 11.7. The van der Waals surface area contributed by atoms with E-state index >= 15 is 0 Å². The van der Waals surface area contributed by atoms with Crippen molar-refractivity contribution in [2.75, 3.05) is 26.0 Å². The number of aromatic nitrogens is 1. The van der Waals surface area contributed by atoms with E-state index in [1.807, 2.05) is 0 Å². The second-order valence-corrected chi connectivity index (χ2v) is 8.25. The summed E-state index contributed by atoms with van der Waals surface area (Å²) in [4.78, 5) is 16.8. The number of nitrogens with one attached hydrogen (secondary N) is 1. The smallest absolute Gasteiger partial charge is 0.300 e. The van der Waals surface area contributed by atoms with Gasteiger partial charge in [-0.25, -0.2) is 13.6 Å². The van der Waals surface area contributed by atoms with Crippen molar-refractivity contribution in [2.45, 2.75) is 13.3 Å². The maximum absolute atomic E-state index is 13.7. The maximum Gasteiger partial charge on any atom is 0.338 e.